The minimum atomic E-state index is -4.75. The molecule has 0 N–H and O–H groups in total. The molecule has 0 aliphatic carbocycles. The van der Waals surface area contributed by atoms with E-state index >= 15 is 0 Å². The number of amides is 1. The molecule has 1 fully saturated rings. The van der Waals surface area contributed by atoms with Gasteiger partial charge in [-0.05, 0) is 75.6 Å². The van der Waals surface area contributed by atoms with E-state index in [9.17, 15) is 30.8 Å². The zero-order valence-electron chi connectivity index (χ0n) is 22.8. The third-order valence-electron chi connectivity index (χ3n) is 6.84. The van der Waals surface area contributed by atoms with Gasteiger partial charge in [0.25, 0.3) is 0 Å². The fourth-order valence-corrected chi connectivity index (χ4v) is 6.60. The van der Waals surface area contributed by atoms with Crippen LogP contribution in [0.15, 0.2) is 53.4 Å². The summed E-state index contributed by atoms with van der Waals surface area (Å²) in [5.41, 5.74) is -0.242. The van der Waals surface area contributed by atoms with Gasteiger partial charge in [-0.1, -0.05) is 18.2 Å². The number of carbonyl (C=O) groups excluding carboxylic acids is 1. The molecule has 0 spiro atoms. The quantitative estimate of drug-likeness (QED) is 0.428. The molecule has 1 saturated heterocycles. The van der Waals surface area contributed by atoms with Crippen LogP contribution in [-0.4, -0.2) is 68.1 Å². The number of rotatable bonds is 4. The van der Waals surface area contributed by atoms with E-state index in [1.165, 1.54) is 15.3 Å². The zero-order chi connectivity index (χ0) is 29.5. The summed E-state index contributed by atoms with van der Waals surface area (Å²) in [4.78, 5) is 15.5. The molecule has 40 heavy (non-hydrogen) atoms. The highest BCUT2D eigenvalue weighted by Gasteiger charge is 2.39. The Morgan fingerprint density at radius 2 is 1.75 bits per heavy atom. The first-order valence-electron chi connectivity index (χ1n) is 13.0. The van der Waals surface area contributed by atoms with Crippen LogP contribution in [0, 0.1) is 5.82 Å². The monoisotopic (exact) mass is 583 g/mol. The molecule has 7 nitrogen and oxygen atoms in total. The molecule has 2 aromatic rings. The maximum atomic E-state index is 13.6. The van der Waals surface area contributed by atoms with Crippen molar-refractivity contribution in [1.82, 2.24) is 9.21 Å². The van der Waals surface area contributed by atoms with Crippen molar-refractivity contribution in [3.63, 3.8) is 0 Å². The third kappa shape index (κ3) is 6.60. The van der Waals surface area contributed by atoms with Gasteiger partial charge in [-0.25, -0.2) is 17.6 Å². The molecule has 0 aromatic heterocycles. The van der Waals surface area contributed by atoms with Crippen molar-refractivity contribution in [1.29, 1.82) is 0 Å². The predicted octanol–water partition coefficient (Wildman–Crippen LogP) is 5.77. The number of alkyl halides is 3. The largest absolute Gasteiger partial charge is 0.444 e. The number of piperazine rings is 1. The second-order valence-corrected chi connectivity index (χ2v) is 12.9. The van der Waals surface area contributed by atoms with E-state index in [2.05, 4.69) is 0 Å². The lowest BCUT2D eigenvalue weighted by Gasteiger charge is -2.40. The Balaban J connectivity index is 1.49. The van der Waals surface area contributed by atoms with Crippen LogP contribution in [0.2, 0.25) is 0 Å². The highest BCUT2D eigenvalue weighted by atomic mass is 32.2. The van der Waals surface area contributed by atoms with Gasteiger partial charge in [0, 0.05) is 44.5 Å². The van der Waals surface area contributed by atoms with E-state index in [-0.39, 0.29) is 30.2 Å². The number of nitrogens with zero attached hydrogens (tertiary/aromatic N) is 3. The van der Waals surface area contributed by atoms with E-state index in [1.807, 2.05) is 12.1 Å². The predicted molar refractivity (Wildman–Crippen MR) is 144 cm³/mol. The van der Waals surface area contributed by atoms with Crippen LogP contribution < -0.4 is 4.90 Å². The maximum Gasteiger partial charge on any atom is 0.418 e. The first-order valence-corrected chi connectivity index (χ1v) is 14.4. The molecule has 2 aromatic carbocycles. The van der Waals surface area contributed by atoms with E-state index < -0.39 is 45.3 Å². The lowest BCUT2D eigenvalue weighted by Crippen LogP contribution is -2.54. The molecular weight excluding hydrogens is 550 g/mol. The minimum Gasteiger partial charge on any atom is -0.444 e. The number of ether oxygens (including phenoxy) is 1. The molecule has 0 unspecified atom stereocenters. The number of sulfonamides is 1. The Morgan fingerprint density at radius 3 is 2.35 bits per heavy atom. The summed E-state index contributed by atoms with van der Waals surface area (Å²) in [6.45, 7) is 7.80. The van der Waals surface area contributed by atoms with Crippen molar-refractivity contribution in [2.75, 3.05) is 37.6 Å². The number of hydrogen-bond acceptors (Lipinski definition) is 5. The smallest absolute Gasteiger partial charge is 0.418 e. The number of hydrogen-bond donors (Lipinski definition) is 0. The van der Waals surface area contributed by atoms with Gasteiger partial charge in [0.15, 0.2) is 0 Å². The lowest BCUT2D eigenvalue weighted by molar-refractivity contribution is -0.137. The molecule has 2 aliphatic heterocycles. The second-order valence-electron chi connectivity index (χ2n) is 11.0. The average Bonchev–Trinajstić information content (AvgIpc) is 2.87. The van der Waals surface area contributed by atoms with E-state index in [0.717, 1.165) is 23.3 Å². The molecule has 1 atom stereocenters. The summed E-state index contributed by atoms with van der Waals surface area (Å²) in [5, 5.41) is 0. The SMILES string of the molecule is C[C@@H]1CN(c2ccc(F)cc2C(F)(F)F)CCN1S(=O)(=O)c1cccc(C2=CCN(C(=O)OC(C)(C)C)CC2)c1. The molecule has 1 amide bonds. The standard InChI is InChI=1S/C28H33F4N3O4S/c1-19-18-34(25-9-8-22(29)17-24(25)28(30,31)32)14-15-35(19)40(37,38)23-7-5-6-21(16-23)20-10-12-33(13-11-20)26(36)39-27(2,3)4/h5-10,16-17,19H,11-15,18H2,1-4H3/t19-/m1/s1. The van der Waals surface area contributed by atoms with Crippen LogP contribution in [0.25, 0.3) is 5.57 Å². The first-order chi connectivity index (χ1) is 18.6. The van der Waals surface area contributed by atoms with Crippen molar-refractivity contribution in [3.8, 4) is 0 Å². The minimum absolute atomic E-state index is 0.0132. The Kier molecular flexibility index (Phi) is 8.24. The summed E-state index contributed by atoms with van der Waals surface area (Å²) < 4.78 is 88.2. The Labute approximate surface area is 232 Å². The highest BCUT2D eigenvalue weighted by Crippen LogP contribution is 2.38. The number of benzene rings is 2. The Hall–Kier alpha value is -3.12. The van der Waals surface area contributed by atoms with Gasteiger partial charge in [-0.15, -0.1) is 0 Å². The fraction of sp³-hybridized carbons (Fsp3) is 0.464. The molecule has 12 heteroatoms. The van der Waals surface area contributed by atoms with Crippen molar-refractivity contribution >= 4 is 27.4 Å². The van der Waals surface area contributed by atoms with Gasteiger partial charge < -0.3 is 14.5 Å². The molecule has 2 heterocycles. The van der Waals surface area contributed by atoms with Crippen LogP contribution in [-0.2, 0) is 20.9 Å². The van der Waals surface area contributed by atoms with Crippen LogP contribution in [0.3, 0.4) is 0 Å². The molecule has 2 aliphatic rings. The Morgan fingerprint density at radius 1 is 1.02 bits per heavy atom. The van der Waals surface area contributed by atoms with Gasteiger partial charge in [-0.3, -0.25) is 0 Å². The topological polar surface area (TPSA) is 70.2 Å². The normalized spacial score (nSPS) is 19.4. The number of carbonyl (C=O) groups is 1. The van der Waals surface area contributed by atoms with Crippen molar-refractivity contribution in [3.05, 3.63) is 65.5 Å². The summed E-state index contributed by atoms with van der Waals surface area (Å²) in [5.74, 6) is -0.990. The third-order valence-corrected chi connectivity index (χ3v) is 8.85. The number of halogens is 4. The van der Waals surface area contributed by atoms with Gasteiger partial charge in [0.1, 0.15) is 11.4 Å². The van der Waals surface area contributed by atoms with Crippen molar-refractivity contribution < 1.29 is 35.5 Å². The summed E-state index contributed by atoms with van der Waals surface area (Å²) >= 11 is 0. The van der Waals surface area contributed by atoms with Crippen LogP contribution in [0.4, 0.5) is 28.0 Å². The summed E-state index contributed by atoms with van der Waals surface area (Å²) in [6.07, 6.45) is -2.75. The van der Waals surface area contributed by atoms with Gasteiger partial charge >= 0.3 is 12.3 Å². The van der Waals surface area contributed by atoms with Crippen LogP contribution >= 0.6 is 0 Å². The van der Waals surface area contributed by atoms with Crippen LogP contribution in [0.1, 0.15) is 45.2 Å². The highest BCUT2D eigenvalue weighted by molar-refractivity contribution is 7.89. The van der Waals surface area contributed by atoms with Crippen LogP contribution in [0.5, 0.6) is 0 Å². The molecular formula is C28H33F4N3O4S. The summed E-state index contributed by atoms with van der Waals surface area (Å²) in [7, 11) is -3.96. The number of anilines is 1. The molecule has 0 saturated carbocycles. The lowest BCUT2D eigenvalue weighted by atomic mass is 10.00. The van der Waals surface area contributed by atoms with E-state index in [4.69, 9.17) is 4.74 Å². The van der Waals surface area contributed by atoms with E-state index in [1.54, 1.807) is 44.7 Å². The Bertz CT molecular complexity index is 1400. The second kappa shape index (κ2) is 11.0. The first kappa shape index (κ1) is 29.9. The average molecular weight is 584 g/mol. The van der Waals surface area contributed by atoms with Gasteiger partial charge in [-0.2, -0.15) is 17.5 Å². The van der Waals surface area contributed by atoms with Crippen molar-refractivity contribution in [2.24, 2.45) is 0 Å². The fourth-order valence-electron chi connectivity index (χ4n) is 4.94. The molecule has 0 radical (unpaired) electrons. The van der Waals surface area contributed by atoms with Crippen molar-refractivity contribution in [2.45, 2.75) is 56.8 Å². The van der Waals surface area contributed by atoms with E-state index in [0.29, 0.717) is 25.6 Å². The maximum absolute atomic E-state index is 13.6. The molecule has 218 valence electrons. The zero-order valence-corrected chi connectivity index (χ0v) is 23.7. The summed E-state index contributed by atoms with van der Waals surface area (Å²) in [6, 6.07) is 8.42. The van der Waals surface area contributed by atoms with Gasteiger partial charge in [0.05, 0.1) is 10.5 Å². The van der Waals surface area contributed by atoms with Gasteiger partial charge in [0.2, 0.25) is 10.0 Å². The molecule has 0 bridgehead atoms. The molecule has 4 rings (SSSR count).